The van der Waals surface area contributed by atoms with E-state index in [1.807, 2.05) is 6.26 Å². The fourth-order valence-electron chi connectivity index (χ4n) is 3.32. The van der Waals surface area contributed by atoms with E-state index in [-0.39, 0.29) is 4.21 Å². The lowest BCUT2D eigenvalue weighted by molar-refractivity contribution is 0.577. The number of amidine groups is 1. The number of hydrogen-bond acceptors (Lipinski definition) is 9. The van der Waals surface area contributed by atoms with Gasteiger partial charge in [0.2, 0.25) is 5.88 Å². The van der Waals surface area contributed by atoms with Crippen molar-refractivity contribution in [3.8, 4) is 10.6 Å². The zero-order chi connectivity index (χ0) is 23.0. The monoisotopic (exact) mass is 498 g/mol. The van der Waals surface area contributed by atoms with E-state index >= 15 is 0 Å². The Bertz CT molecular complexity index is 1430. The first-order chi connectivity index (χ1) is 15.9. The molecule has 4 aromatic rings. The molecule has 0 aliphatic carbocycles. The Morgan fingerprint density at radius 3 is 2.79 bits per heavy atom. The Labute approximate surface area is 198 Å². The number of anilines is 3. The standard InChI is InChI=1S/C21H18N6O3S3/c1-31-21-23-10-8-16(25-21)17-6-7-18(32-17)33(28,29)26-13-2-4-14(5-3-13)27-12-24-20-15(19(27)22)9-11-30-20/h2-11,22,24,26H,12H2,1H3. The fourth-order valence-corrected chi connectivity index (χ4v) is 6.01. The van der Waals surface area contributed by atoms with E-state index in [1.54, 1.807) is 59.6 Å². The summed E-state index contributed by atoms with van der Waals surface area (Å²) in [7, 11) is -3.76. The molecule has 5 rings (SSSR count). The summed E-state index contributed by atoms with van der Waals surface area (Å²) in [4.78, 5) is 11.1. The molecule has 0 amide bonds. The van der Waals surface area contributed by atoms with Crippen molar-refractivity contribution in [3.63, 3.8) is 0 Å². The minimum absolute atomic E-state index is 0.195. The average Bonchev–Trinajstić information content (AvgIpc) is 3.51. The van der Waals surface area contributed by atoms with Crippen LogP contribution in [0.2, 0.25) is 0 Å². The van der Waals surface area contributed by atoms with Crippen LogP contribution in [0.15, 0.2) is 74.8 Å². The topological polar surface area (TPSA) is 124 Å². The predicted octanol–water partition coefficient (Wildman–Crippen LogP) is 4.54. The van der Waals surface area contributed by atoms with Crippen LogP contribution in [-0.4, -0.2) is 37.1 Å². The molecule has 0 unspecified atom stereocenters. The predicted molar refractivity (Wildman–Crippen MR) is 131 cm³/mol. The summed E-state index contributed by atoms with van der Waals surface area (Å²) in [5.74, 6) is 0.883. The highest BCUT2D eigenvalue weighted by Gasteiger charge is 2.24. The second kappa shape index (κ2) is 8.54. The van der Waals surface area contributed by atoms with E-state index in [4.69, 9.17) is 9.83 Å². The molecule has 0 spiro atoms. The largest absolute Gasteiger partial charge is 0.448 e. The van der Waals surface area contributed by atoms with Crippen molar-refractivity contribution >= 4 is 56.2 Å². The van der Waals surface area contributed by atoms with Gasteiger partial charge in [-0.3, -0.25) is 10.1 Å². The third-order valence-electron chi connectivity index (χ3n) is 4.93. The van der Waals surface area contributed by atoms with Crippen molar-refractivity contribution in [1.82, 2.24) is 9.97 Å². The number of fused-ring (bicyclic) bond motifs is 1. The summed E-state index contributed by atoms with van der Waals surface area (Å²) in [6.45, 7) is 0.379. The van der Waals surface area contributed by atoms with Crippen molar-refractivity contribution in [2.75, 3.05) is 27.9 Å². The Balaban J connectivity index is 1.32. The van der Waals surface area contributed by atoms with Crippen LogP contribution < -0.4 is 14.9 Å². The lowest BCUT2D eigenvalue weighted by Crippen LogP contribution is -2.39. The van der Waals surface area contributed by atoms with Gasteiger partial charge in [0.05, 0.1) is 29.1 Å². The van der Waals surface area contributed by atoms with Crippen molar-refractivity contribution in [2.24, 2.45) is 0 Å². The molecule has 33 heavy (non-hydrogen) atoms. The van der Waals surface area contributed by atoms with E-state index in [0.29, 0.717) is 40.5 Å². The van der Waals surface area contributed by atoms with Crippen LogP contribution in [0.4, 0.5) is 17.3 Å². The normalized spacial score (nSPS) is 13.5. The fraction of sp³-hybridized carbons (Fsp3) is 0.0952. The number of nitrogens with one attached hydrogen (secondary N) is 3. The molecule has 12 heteroatoms. The molecule has 3 aromatic heterocycles. The van der Waals surface area contributed by atoms with E-state index in [2.05, 4.69) is 20.0 Å². The molecular weight excluding hydrogens is 480 g/mol. The van der Waals surface area contributed by atoms with E-state index in [0.717, 1.165) is 21.9 Å². The van der Waals surface area contributed by atoms with Crippen LogP contribution in [0, 0.1) is 5.41 Å². The van der Waals surface area contributed by atoms with Crippen LogP contribution in [0.25, 0.3) is 10.6 Å². The first kappa shape index (κ1) is 21.5. The number of sulfonamides is 1. The molecule has 9 nitrogen and oxygen atoms in total. The summed E-state index contributed by atoms with van der Waals surface area (Å²) in [5, 5.41) is 12.1. The van der Waals surface area contributed by atoms with Gasteiger partial charge in [0.1, 0.15) is 10.0 Å². The first-order valence-corrected chi connectivity index (χ1v) is 13.2. The van der Waals surface area contributed by atoms with Crippen molar-refractivity contribution < 1.29 is 12.8 Å². The maximum absolute atomic E-state index is 12.9. The second-order valence-electron chi connectivity index (χ2n) is 6.97. The van der Waals surface area contributed by atoms with Crippen molar-refractivity contribution in [2.45, 2.75) is 9.37 Å². The average molecular weight is 499 g/mol. The molecule has 0 saturated heterocycles. The summed E-state index contributed by atoms with van der Waals surface area (Å²) >= 11 is 2.58. The SMILES string of the molecule is CSc1nccc(-c2ccc(S(=O)(=O)Nc3ccc(N4CNc5occc5C4=N)cc3)s2)n1. The number of rotatable bonds is 6. The van der Waals surface area contributed by atoms with Gasteiger partial charge in [-0.1, -0.05) is 11.8 Å². The van der Waals surface area contributed by atoms with Gasteiger partial charge in [-0.05, 0) is 54.8 Å². The van der Waals surface area contributed by atoms with Gasteiger partial charge < -0.3 is 14.6 Å². The summed E-state index contributed by atoms with van der Waals surface area (Å²) in [5.41, 5.74) is 2.55. The molecular formula is C21H18N6O3S3. The number of hydrogen-bond donors (Lipinski definition) is 3. The summed E-state index contributed by atoms with van der Waals surface area (Å²) in [6.07, 6.45) is 5.08. The number of aromatic nitrogens is 2. The van der Waals surface area contributed by atoms with E-state index in [1.165, 1.54) is 18.0 Å². The van der Waals surface area contributed by atoms with E-state index < -0.39 is 10.0 Å². The van der Waals surface area contributed by atoms with Crippen LogP contribution in [-0.2, 0) is 10.0 Å². The molecule has 168 valence electrons. The molecule has 3 N–H and O–H groups in total. The van der Waals surface area contributed by atoms with Crippen LogP contribution >= 0.6 is 23.1 Å². The lowest BCUT2D eigenvalue weighted by atomic mass is 10.2. The van der Waals surface area contributed by atoms with Gasteiger partial charge >= 0.3 is 0 Å². The summed E-state index contributed by atoms with van der Waals surface area (Å²) in [6, 6.07) is 13.7. The summed E-state index contributed by atoms with van der Waals surface area (Å²) < 4.78 is 33.9. The highest BCUT2D eigenvalue weighted by atomic mass is 32.2. The Morgan fingerprint density at radius 2 is 2.00 bits per heavy atom. The van der Waals surface area contributed by atoms with Gasteiger partial charge in [-0.2, -0.15) is 0 Å². The Kier molecular flexibility index (Phi) is 5.56. The minimum Gasteiger partial charge on any atom is -0.448 e. The van der Waals surface area contributed by atoms with Gasteiger partial charge in [-0.25, -0.2) is 18.4 Å². The molecule has 0 saturated carbocycles. The van der Waals surface area contributed by atoms with Gasteiger partial charge in [0.25, 0.3) is 10.0 Å². The van der Waals surface area contributed by atoms with Crippen LogP contribution in [0.3, 0.4) is 0 Å². The smallest absolute Gasteiger partial charge is 0.271 e. The highest BCUT2D eigenvalue weighted by molar-refractivity contribution is 7.98. The number of furan rings is 1. The quantitative estimate of drug-likeness (QED) is 0.262. The number of thiophene rings is 1. The zero-order valence-electron chi connectivity index (χ0n) is 17.3. The Hall–Kier alpha value is -3.35. The lowest BCUT2D eigenvalue weighted by Gasteiger charge is -2.29. The van der Waals surface area contributed by atoms with Crippen molar-refractivity contribution in [3.05, 3.63) is 66.6 Å². The Morgan fingerprint density at radius 1 is 1.18 bits per heavy atom. The van der Waals surface area contributed by atoms with Gasteiger partial charge in [-0.15, -0.1) is 11.3 Å². The minimum atomic E-state index is -3.76. The first-order valence-electron chi connectivity index (χ1n) is 9.72. The maximum atomic E-state index is 12.9. The number of benzene rings is 1. The highest BCUT2D eigenvalue weighted by Crippen LogP contribution is 2.32. The number of thioether (sulfide) groups is 1. The zero-order valence-corrected chi connectivity index (χ0v) is 19.7. The third-order valence-corrected chi connectivity index (χ3v) is 8.48. The maximum Gasteiger partial charge on any atom is 0.271 e. The molecule has 1 aromatic carbocycles. The molecule has 1 aliphatic heterocycles. The van der Waals surface area contributed by atoms with E-state index in [9.17, 15) is 8.42 Å². The molecule has 1 aliphatic rings. The molecule has 4 heterocycles. The number of nitrogens with zero attached hydrogens (tertiary/aromatic N) is 3. The third kappa shape index (κ3) is 4.19. The second-order valence-corrected chi connectivity index (χ2v) is 10.7. The van der Waals surface area contributed by atoms with Gasteiger partial charge in [0, 0.05) is 17.6 Å². The molecule has 0 atom stereocenters. The van der Waals surface area contributed by atoms with Crippen LogP contribution in [0.1, 0.15) is 5.56 Å². The van der Waals surface area contributed by atoms with Crippen LogP contribution in [0.5, 0.6) is 0 Å². The van der Waals surface area contributed by atoms with Crippen molar-refractivity contribution in [1.29, 1.82) is 5.41 Å². The molecule has 0 fully saturated rings. The molecule has 0 radical (unpaired) electrons. The van der Waals surface area contributed by atoms with Gasteiger partial charge in [0.15, 0.2) is 5.16 Å². The molecule has 0 bridgehead atoms.